The fraction of sp³-hybridized carbons (Fsp3) is 0.143. The number of carbonyl (C=O) groups is 1. The summed E-state index contributed by atoms with van der Waals surface area (Å²) in [5.74, 6) is 1.01. The van der Waals surface area contributed by atoms with Crippen LogP contribution in [0.1, 0.15) is 29.3 Å². The van der Waals surface area contributed by atoms with Gasteiger partial charge in [-0.1, -0.05) is 27.5 Å². The molecule has 6 nitrogen and oxygen atoms in total. The molecule has 1 N–H and O–H groups in total. The van der Waals surface area contributed by atoms with Gasteiger partial charge >= 0.3 is 5.72 Å². The maximum atomic E-state index is 13.3. The number of anilines is 1. The Kier molecular flexibility index (Phi) is 3.47. The van der Waals surface area contributed by atoms with Crippen LogP contribution >= 0.6 is 27.5 Å². The van der Waals surface area contributed by atoms with Crippen LogP contribution in [0.2, 0.25) is 5.02 Å². The first-order chi connectivity index (χ1) is 14.1. The third-order valence-corrected chi connectivity index (χ3v) is 6.26. The van der Waals surface area contributed by atoms with E-state index in [2.05, 4.69) is 21.2 Å². The number of nitrogens with one attached hydrogen (secondary N) is 1. The molecule has 8 heteroatoms. The van der Waals surface area contributed by atoms with Crippen molar-refractivity contribution in [2.24, 2.45) is 5.10 Å². The fourth-order valence-electron chi connectivity index (χ4n) is 4.28. The highest BCUT2D eigenvalue weighted by atomic mass is 79.9. The van der Waals surface area contributed by atoms with Crippen molar-refractivity contribution in [2.45, 2.75) is 18.2 Å². The van der Waals surface area contributed by atoms with Crippen molar-refractivity contribution in [1.29, 1.82) is 0 Å². The number of hydrazone groups is 1. The number of rotatable bonds is 1. The maximum absolute atomic E-state index is 13.3. The molecule has 2 aromatic carbocycles. The smallest absolute Gasteiger partial charge is 0.306 e. The Bertz CT molecular complexity index is 1210. The lowest BCUT2D eigenvalue weighted by Gasteiger charge is -2.44. The van der Waals surface area contributed by atoms with Crippen molar-refractivity contribution in [1.82, 2.24) is 5.01 Å². The first-order valence-corrected chi connectivity index (χ1v) is 10.2. The van der Waals surface area contributed by atoms with Gasteiger partial charge in [0, 0.05) is 21.5 Å². The van der Waals surface area contributed by atoms with Crippen LogP contribution in [0.5, 0.6) is 5.75 Å². The van der Waals surface area contributed by atoms with Gasteiger partial charge in [-0.05, 0) is 48.5 Å². The summed E-state index contributed by atoms with van der Waals surface area (Å²) in [5.41, 5.74) is 1.67. The van der Waals surface area contributed by atoms with E-state index in [4.69, 9.17) is 25.9 Å². The van der Waals surface area contributed by atoms with Gasteiger partial charge in [-0.15, -0.1) is 0 Å². The molecule has 4 heterocycles. The second-order valence-corrected chi connectivity index (χ2v) is 8.51. The Morgan fingerprint density at radius 2 is 2.14 bits per heavy atom. The zero-order chi connectivity index (χ0) is 19.8. The lowest BCUT2D eigenvalue weighted by molar-refractivity contribution is -0.161. The van der Waals surface area contributed by atoms with Gasteiger partial charge < -0.3 is 14.5 Å². The molecule has 0 bridgehead atoms. The van der Waals surface area contributed by atoms with Crippen LogP contribution in [0.3, 0.4) is 0 Å². The molecule has 3 aliphatic rings. The number of hydrogen-bond donors (Lipinski definition) is 1. The monoisotopic (exact) mass is 469 g/mol. The zero-order valence-electron chi connectivity index (χ0n) is 14.9. The number of halogens is 2. The third kappa shape index (κ3) is 2.28. The van der Waals surface area contributed by atoms with Gasteiger partial charge in [0.1, 0.15) is 17.2 Å². The minimum Gasteiger partial charge on any atom is -0.463 e. The van der Waals surface area contributed by atoms with Crippen molar-refractivity contribution in [3.05, 3.63) is 81.2 Å². The summed E-state index contributed by atoms with van der Waals surface area (Å²) >= 11 is 9.78. The van der Waals surface area contributed by atoms with Gasteiger partial charge in [-0.3, -0.25) is 4.79 Å². The van der Waals surface area contributed by atoms with Crippen molar-refractivity contribution in [2.75, 3.05) is 5.32 Å². The molecule has 0 aliphatic carbocycles. The van der Waals surface area contributed by atoms with Crippen LogP contribution in [0.4, 0.5) is 5.69 Å². The highest BCUT2D eigenvalue weighted by molar-refractivity contribution is 9.10. The molecule has 0 radical (unpaired) electrons. The topological polar surface area (TPSA) is 67.1 Å². The Labute approximate surface area is 179 Å². The normalized spacial score (nSPS) is 23.9. The van der Waals surface area contributed by atoms with Gasteiger partial charge in [0.2, 0.25) is 0 Å². The Hall–Kier alpha value is -2.77. The van der Waals surface area contributed by atoms with Crippen molar-refractivity contribution in [3.8, 4) is 5.75 Å². The van der Waals surface area contributed by atoms with Gasteiger partial charge in [0.25, 0.3) is 5.91 Å². The van der Waals surface area contributed by atoms with Crippen molar-refractivity contribution < 1.29 is 13.9 Å². The SMILES string of the molecule is O=C1Nc2ccc(Br)cc2[C@@]12Oc1ccc(Cl)cc1[C@H]1CC(c3ccco3)=NN12. The average molecular weight is 471 g/mol. The molecule has 29 heavy (non-hydrogen) atoms. The Morgan fingerprint density at radius 1 is 1.24 bits per heavy atom. The van der Waals surface area contributed by atoms with Crippen LogP contribution in [0.25, 0.3) is 0 Å². The van der Waals surface area contributed by atoms with Crippen LogP contribution in [-0.4, -0.2) is 16.6 Å². The summed E-state index contributed by atoms with van der Waals surface area (Å²) in [6.45, 7) is 0. The first-order valence-electron chi connectivity index (χ1n) is 9.07. The van der Waals surface area contributed by atoms with E-state index in [0.717, 1.165) is 15.7 Å². The Balaban J connectivity index is 1.61. The summed E-state index contributed by atoms with van der Waals surface area (Å²) in [6, 6.07) is 14.6. The van der Waals surface area contributed by atoms with Gasteiger partial charge in [-0.2, -0.15) is 5.10 Å². The zero-order valence-corrected chi connectivity index (χ0v) is 17.2. The van der Waals surface area contributed by atoms with E-state index in [1.807, 2.05) is 42.5 Å². The number of fused-ring (bicyclic) bond motifs is 6. The van der Waals surface area contributed by atoms with Gasteiger partial charge in [0.15, 0.2) is 0 Å². The predicted octanol–water partition coefficient (Wildman–Crippen LogP) is 5.04. The molecular formula is C21H13BrClN3O3. The van der Waals surface area contributed by atoms with Gasteiger partial charge in [-0.25, -0.2) is 5.01 Å². The molecule has 144 valence electrons. The predicted molar refractivity (Wildman–Crippen MR) is 111 cm³/mol. The van der Waals surface area contributed by atoms with Gasteiger partial charge in [0.05, 0.1) is 23.6 Å². The van der Waals surface area contributed by atoms with Crippen molar-refractivity contribution >= 4 is 44.8 Å². The van der Waals surface area contributed by atoms with E-state index in [1.165, 1.54) is 0 Å². The second-order valence-electron chi connectivity index (χ2n) is 7.16. The van der Waals surface area contributed by atoms with E-state index in [9.17, 15) is 4.79 Å². The van der Waals surface area contributed by atoms with Crippen LogP contribution in [0.15, 0.2) is 68.8 Å². The molecule has 1 amide bonds. The number of hydrogen-bond acceptors (Lipinski definition) is 5. The standard InChI is InChI=1S/C21H13BrClN3O3/c22-11-3-5-15-14(8-11)21(20(27)24-15)26-17(10-16(25-26)19-2-1-7-28-19)13-9-12(23)4-6-18(13)29-21/h1-9,17H,10H2,(H,24,27)/t17-,21-/m1/s1. The molecule has 2 atom stereocenters. The lowest BCUT2D eigenvalue weighted by Crippen LogP contribution is -2.55. The summed E-state index contributed by atoms with van der Waals surface area (Å²) < 4.78 is 12.8. The molecule has 1 aromatic heterocycles. The summed E-state index contributed by atoms with van der Waals surface area (Å²) in [5, 5.41) is 10.1. The third-order valence-electron chi connectivity index (χ3n) is 5.53. The number of furan rings is 1. The maximum Gasteiger partial charge on any atom is 0.306 e. The number of carbonyl (C=O) groups excluding carboxylic acids is 1. The number of amides is 1. The largest absolute Gasteiger partial charge is 0.463 e. The van der Waals surface area contributed by atoms with E-state index < -0.39 is 5.72 Å². The molecule has 1 spiro atoms. The number of nitrogens with zero attached hydrogens (tertiary/aromatic N) is 2. The van der Waals surface area contributed by atoms with Crippen LogP contribution in [0, 0.1) is 0 Å². The van der Waals surface area contributed by atoms with E-state index in [1.54, 1.807) is 17.3 Å². The lowest BCUT2D eigenvalue weighted by atomic mass is 9.93. The quantitative estimate of drug-likeness (QED) is 0.541. The van der Waals surface area contributed by atoms with Crippen LogP contribution < -0.4 is 10.1 Å². The molecule has 0 saturated heterocycles. The molecular weight excluding hydrogens is 458 g/mol. The minimum atomic E-state index is -1.40. The second kappa shape index (κ2) is 5.87. The highest BCUT2D eigenvalue weighted by Gasteiger charge is 2.61. The van der Waals surface area contributed by atoms with Crippen molar-refractivity contribution in [3.63, 3.8) is 0 Å². The Morgan fingerprint density at radius 3 is 2.97 bits per heavy atom. The fourth-order valence-corrected chi connectivity index (χ4v) is 4.82. The molecule has 0 saturated carbocycles. The summed E-state index contributed by atoms with van der Waals surface area (Å²) in [7, 11) is 0. The number of benzene rings is 2. The summed E-state index contributed by atoms with van der Waals surface area (Å²) in [6.07, 6.45) is 2.18. The molecule has 0 fully saturated rings. The number of ether oxygens (including phenoxy) is 1. The molecule has 3 aromatic rings. The molecule has 0 unspecified atom stereocenters. The van der Waals surface area contributed by atoms with E-state index in [0.29, 0.717) is 34.2 Å². The molecule has 6 rings (SSSR count). The minimum absolute atomic E-state index is 0.215. The average Bonchev–Trinajstić information content (AvgIpc) is 3.42. The van der Waals surface area contributed by atoms with E-state index >= 15 is 0 Å². The van der Waals surface area contributed by atoms with Crippen LogP contribution in [-0.2, 0) is 10.5 Å². The molecule has 3 aliphatic heterocycles. The highest BCUT2D eigenvalue weighted by Crippen LogP contribution is 2.54. The first kappa shape index (κ1) is 17.1. The van der Waals surface area contributed by atoms with E-state index in [-0.39, 0.29) is 11.9 Å². The summed E-state index contributed by atoms with van der Waals surface area (Å²) in [4.78, 5) is 13.3.